The SMILES string of the molecule is CCn1cnc(S(=O)(=O)N(C)CC2CCNCC2)c1. The number of aryl methyl sites for hydroxylation is 1. The van der Waals surface area contributed by atoms with Gasteiger partial charge in [0, 0.05) is 26.3 Å². The van der Waals surface area contributed by atoms with Crippen molar-refractivity contribution in [3.8, 4) is 0 Å². The van der Waals surface area contributed by atoms with Gasteiger partial charge in [-0.3, -0.25) is 0 Å². The van der Waals surface area contributed by atoms with E-state index in [1.54, 1.807) is 24.1 Å². The molecule has 2 heterocycles. The Hall–Kier alpha value is -0.920. The van der Waals surface area contributed by atoms with E-state index in [4.69, 9.17) is 0 Å². The highest BCUT2D eigenvalue weighted by molar-refractivity contribution is 7.89. The maximum Gasteiger partial charge on any atom is 0.261 e. The number of nitrogens with one attached hydrogen (secondary N) is 1. The summed E-state index contributed by atoms with van der Waals surface area (Å²) in [4.78, 5) is 3.99. The molecule has 7 heteroatoms. The molecule has 0 unspecified atom stereocenters. The minimum Gasteiger partial charge on any atom is -0.336 e. The van der Waals surface area contributed by atoms with E-state index in [-0.39, 0.29) is 5.03 Å². The highest BCUT2D eigenvalue weighted by Crippen LogP contribution is 2.18. The van der Waals surface area contributed by atoms with Gasteiger partial charge in [-0.1, -0.05) is 0 Å². The number of imidazole rings is 1. The Balaban J connectivity index is 2.05. The maximum atomic E-state index is 12.4. The number of hydrogen-bond acceptors (Lipinski definition) is 4. The zero-order chi connectivity index (χ0) is 13.9. The molecule has 0 spiro atoms. The van der Waals surface area contributed by atoms with E-state index in [0.717, 1.165) is 32.5 Å². The van der Waals surface area contributed by atoms with Crippen LogP contribution in [0.1, 0.15) is 19.8 Å². The molecule has 1 N–H and O–H groups in total. The summed E-state index contributed by atoms with van der Waals surface area (Å²) in [5.74, 6) is 0.439. The molecule has 0 aromatic carbocycles. The van der Waals surface area contributed by atoms with Crippen molar-refractivity contribution in [1.29, 1.82) is 0 Å². The molecule has 0 radical (unpaired) electrons. The van der Waals surface area contributed by atoms with Crippen LogP contribution in [0.15, 0.2) is 17.6 Å². The molecule has 0 atom stereocenters. The summed E-state index contributed by atoms with van der Waals surface area (Å²) >= 11 is 0. The minimum absolute atomic E-state index is 0.144. The average Bonchev–Trinajstić information content (AvgIpc) is 2.89. The molecule has 1 aromatic heterocycles. The normalized spacial score (nSPS) is 18.1. The van der Waals surface area contributed by atoms with Crippen molar-refractivity contribution in [2.75, 3.05) is 26.7 Å². The first kappa shape index (κ1) is 14.5. The predicted octanol–water partition coefficient (Wildman–Crippen LogP) is 0.523. The van der Waals surface area contributed by atoms with E-state index in [1.807, 2.05) is 6.92 Å². The molecule has 0 bridgehead atoms. The minimum atomic E-state index is -3.45. The topological polar surface area (TPSA) is 67.2 Å². The smallest absolute Gasteiger partial charge is 0.261 e. The van der Waals surface area contributed by atoms with Crippen molar-refractivity contribution in [1.82, 2.24) is 19.2 Å². The summed E-state index contributed by atoms with van der Waals surface area (Å²) in [5, 5.41) is 3.43. The van der Waals surface area contributed by atoms with Crippen LogP contribution >= 0.6 is 0 Å². The summed E-state index contributed by atoms with van der Waals surface area (Å²) in [6.45, 7) is 5.20. The van der Waals surface area contributed by atoms with Gasteiger partial charge < -0.3 is 9.88 Å². The number of aromatic nitrogens is 2. The Bertz CT molecular complexity index is 506. The van der Waals surface area contributed by atoms with Crippen LogP contribution < -0.4 is 5.32 Å². The first-order valence-electron chi connectivity index (χ1n) is 6.73. The molecule has 0 amide bonds. The highest BCUT2D eigenvalue weighted by atomic mass is 32.2. The predicted molar refractivity (Wildman–Crippen MR) is 73.3 cm³/mol. The molecule has 1 fully saturated rings. The molecule has 19 heavy (non-hydrogen) atoms. The van der Waals surface area contributed by atoms with E-state index in [1.165, 1.54) is 4.31 Å². The molecule has 1 aromatic rings. The Morgan fingerprint density at radius 3 is 2.74 bits per heavy atom. The first-order chi connectivity index (χ1) is 9.04. The summed E-state index contributed by atoms with van der Waals surface area (Å²) in [6, 6.07) is 0. The third kappa shape index (κ3) is 3.34. The highest BCUT2D eigenvalue weighted by Gasteiger charge is 2.26. The van der Waals surface area contributed by atoms with Crippen LogP contribution in [0, 0.1) is 5.92 Å². The second-order valence-electron chi connectivity index (χ2n) is 5.02. The molecule has 1 saturated heterocycles. The third-order valence-electron chi connectivity index (χ3n) is 3.62. The van der Waals surface area contributed by atoms with Crippen molar-refractivity contribution in [3.63, 3.8) is 0 Å². The number of hydrogen-bond donors (Lipinski definition) is 1. The van der Waals surface area contributed by atoms with Gasteiger partial charge in [-0.2, -0.15) is 4.31 Å². The van der Waals surface area contributed by atoms with Gasteiger partial charge in [-0.05, 0) is 38.8 Å². The molecule has 1 aliphatic rings. The van der Waals surface area contributed by atoms with Crippen LogP contribution in [0.3, 0.4) is 0 Å². The van der Waals surface area contributed by atoms with E-state index in [0.29, 0.717) is 12.5 Å². The van der Waals surface area contributed by atoms with Crippen molar-refractivity contribution >= 4 is 10.0 Å². The van der Waals surface area contributed by atoms with Gasteiger partial charge in [0.15, 0.2) is 5.03 Å². The summed E-state index contributed by atoms with van der Waals surface area (Å²) in [7, 11) is -1.81. The number of rotatable bonds is 5. The molecular formula is C12H22N4O2S. The largest absolute Gasteiger partial charge is 0.336 e. The Morgan fingerprint density at radius 1 is 1.47 bits per heavy atom. The molecule has 2 rings (SSSR count). The Morgan fingerprint density at radius 2 is 2.16 bits per heavy atom. The molecule has 0 aliphatic carbocycles. The maximum absolute atomic E-state index is 12.4. The van der Waals surface area contributed by atoms with Gasteiger partial charge >= 0.3 is 0 Å². The Kier molecular flexibility index (Phi) is 4.59. The van der Waals surface area contributed by atoms with Crippen molar-refractivity contribution in [3.05, 3.63) is 12.5 Å². The molecule has 1 aliphatic heterocycles. The van der Waals surface area contributed by atoms with Gasteiger partial charge in [0.2, 0.25) is 0 Å². The fraction of sp³-hybridized carbons (Fsp3) is 0.750. The zero-order valence-electron chi connectivity index (χ0n) is 11.5. The second kappa shape index (κ2) is 6.02. The van der Waals surface area contributed by atoms with Crippen molar-refractivity contribution in [2.24, 2.45) is 5.92 Å². The lowest BCUT2D eigenvalue weighted by Gasteiger charge is -2.26. The van der Waals surface area contributed by atoms with Crippen molar-refractivity contribution < 1.29 is 8.42 Å². The van der Waals surface area contributed by atoms with Gasteiger partial charge in [-0.25, -0.2) is 13.4 Å². The van der Waals surface area contributed by atoms with Crippen LogP contribution in [0.4, 0.5) is 0 Å². The van der Waals surface area contributed by atoms with Crippen LogP contribution in [-0.4, -0.2) is 49.0 Å². The van der Waals surface area contributed by atoms with Gasteiger partial charge in [0.1, 0.15) is 0 Å². The van der Waals surface area contributed by atoms with E-state index in [9.17, 15) is 8.42 Å². The lowest BCUT2D eigenvalue weighted by molar-refractivity contribution is 0.310. The summed E-state index contributed by atoms with van der Waals surface area (Å²) in [5.41, 5.74) is 0. The van der Waals surface area contributed by atoms with Crippen LogP contribution in [-0.2, 0) is 16.6 Å². The van der Waals surface area contributed by atoms with Gasteiger partial charge in [0.25, 0.3) is 10.0 Å². The number of piperidine rings is 1. The lowest BCUT2D eigenvalue weighted by atomic mass is 9.98. The number of nitrogens with zero attached hydrogens (tertiary/aromatic N) is 3. The monoisotopic (exact) mass is 286 g/mol. The molecule has 0 saturated carbocycles. The fourth-order valence-electron chi connectivity index (χ4n) is 2.33. The second-order valence-corrected chi connectivity index (χ2v) is 7.01. The van der Waals surface area contributed by atoms with Gasteiger partial charge in [0.05, 0.1) is 6.33 Å². The Labute approximate surface area is 114 Å². The van der Waals surface area contributed by atoms with E-state index < -0.39 is 10.0 Å². The molecule has 108 valence electrons. The van der Waals surface area contributed by atoms with E-state index >= 15 is 0 Å². The quantitative estimate of drug-likeness (QED) is 0.857. The number of sulfonamides is 1. The van der Waals surface area contributed by atoms with Gasteiger partial charge in [-0.15, -0.1) is 0 Å². The zero-order valence-corrected chi connectivity index (χ0v) is 12.4. The average molecular weight is 286 g/mol. The fourth-order valence-corrected chi connectivity index (χ4v) is 3.51. The molecule has 6 nitrogen and oxygen atoms in total. The van der Waals surface area contributed by atoms with Crippen LogP contribution in [0.25, 0.3) is 0 Å². The summed E-state index contributed by atoms with van der Waals surface area (Å²) < 4.78 is 27.9. The first-order valence-corrected chi connectivity index (χ1v) is 8.17. The van der Waals surface area contributed by atoms with Crippen LogP contribution in [0.2, 0.25) is 0 Å². The summed E-state index contributed by atoms with van der Waals surface area (Å²) in [6.07, 6.45) is 5.21. The van der Waals surface area contributed by atoms with Crippen LogP contribution in [0.5, 0.6) is 0 Å². The van der Waals surface area contributed by atoms with E-state index in [2.05, 4.69) is 10.3 Å². The van der Waals surface area contributed by atoms with Crippen molar-refractivity contribution in [2.45, 2.75) is 31.3 Å². The molecular weight excluding hydrogens is 264 g/mol. The third-order valence-corrected chi connectivity index (χ3v) is 5.33. The standard InChI is InChI=1S/C12H22N4O2S/c1-3-16-9-12(14-10-16)19(17,18)15(2)8-11-4-6-13-7-5-11/h9-11,13H,3-8H2,1-2H3. The lowest BCUT2D eigenvalue weighted by Crippen LogP contribution is -2.37.